The lowest BCUT2D eigenvalue weighted by Crippen LogP contribution is -2.08. The highest BCUT2D eigenvalue weighted by molar-refractivity contribution is 8.01. The van der Waals surface area contributed by atoms with Crippen molar-refractivity contribution in [3.05, 3.63) is 10.6 Å². The molecule has 1 aliphatic carbocycles. The molecule has 1 N–H and O–H groups in total. The van der Waals surface area contributed by atoms with Gasteiger partial charge in [0.2, 0.25) is 0 Å². The predicted molar refractivity (Wildman–Crippen MR) is 75.5 cm³/mol. The van der Waals surface area contributed by atoms with E-state index in [0.717, 1.165) is 26.6 Å². The molecule has 0 amide bonds. The summed E-state index contributed by atoms with van der Waals surface area (Å²) >= 11 is 3.35. The highest BCUT2D eigenvalue weighted by Crippen LogP contribution is 2.33. The summed E-state index contributed by atoms with van der Waals surface area (Å²) in [4.78, 5) is 16.1. The Labute approximate surface area is 116 Å². The molecule has 0 spiro atoms. The molecule has 18 heavy (non-hydrogen) atoms. The summed E-state index contributed by atoms with van der Waals surface area (Å²) in [6, 6.07) is 0. The molecule has 0 atom stereocenters. The summed E-state index contributed by atoms with van der Waals surface area (Å²) in [6.45, 7) is 1.90. The van der Waals surface area contributed by atoms with E-state index in [-0.39, 0.29) is 6.42 Å². The van der Waals surface area contributed by atoms with E-state index in [1.165, 1.54) is 32.1 Å². The van der Waals surface area contributed by atoms with E-state index in [9.17, 15) is 4.79 Å². The van der Waals surface area contributed by atoms with Gasteiger partial charge in [-0.3, -0.25) is 4.79 Å². The van der Waals surface area contributed by atoms with Crippen molar-refractivity contribution >= 4 is 29.1 Å². The largest absolute Gasteiger partial charge is 0.481 e. The van der Waals surface area contributed by atoms with Crippen molar-refractivity contribution < 1.29 is 9.90 Å². The molecule has 0 unspecified atom stereocenters. The average molecular weight is 285 g/mol. The van der Waals surface area contributed by atoms with Crippen LogP contribution < -0.4 is 0 Å². The van der Waals surface area contributed by atoms with Gasteiger partial charge in [-0.1, -0.05) is 31.0 Å². The number of carboxylic acids is 1. The molecule has 1 aliphatic rings. The highest BCUT2D eigenvalue weighted by Gasteiger charge is 2.16. The molecule has 2 rings (SSSR count). The smallest absolute Gasteiger partial charge is 0.308 e. The minimum absolute atomic E-state index is 0.105. The molecule has 1 aromatic heterocycles. The molecule has 0 radical (unpaired) electrons. The minimum Gasteiger partial charge on any atom is -0.481 e. The Morgan fingerprint density at radius 3 is 2.83 bits per heavy atom. The summed E-state index contributed by atoms with van der Waals surface area (Å²) in [6.07, 6.45) is 6.92. The summed E-state index contributed by atoms with van der Waals surface area (Å²) in [5.74, 6) is 1.20. The molecule has 1 fully saturated rings. The standard InChI is InChI=1S/C13H19NO2S2/c1-9-11(7-12(15)16)18-13(14-9)17-8-10-5-3-2-4-6-10/h10H,2-8H2,1H3,(H,15,16). The Morgan fingerprint density at radius 2 is 2.17 bits per heavy atom. The second kappa shape index (κ2) is 6.57. The fraction of sp³-hybridized carbons (Fsp3) is 0.692. The van der Waals surface area contributed by atoms with Crippen LogP contribution in [0.4, 0.5) is 0 Å². The lowest BCUT2D eigenvalue weighted by Gasteiger charge is -2.20. The fourth-order valence-corrected chi connectivity index (χ4v) is 4.74. The van der Waals surface area contributed by atoms with E-state index in [0.29, 0.717) is 0 Å². The van der Waals surface area contributed by atoms with Crippen LogP contribution in [0.1, 0.15) is 42.7 Å². The van der Waals surface area contributed by atoms with E-state index in [2.05, 4.69) is 4.98 Å². The minimum atomic E-state index is -0.773. The number of aryl methyl sites for hydroxylation is 1. The van der Waals surface area contributed by atoms with Crippen LogP contribution in [0.25, 0.3) is 0 Å². The number of carboxylic acid groups (broad SMARTS) is 1. The van der Waals surface area contributed by atoms with Crippen LogP contribution >= 0.6 is 23.1 Å². The number of thiazole rings is 1. The fourth-order valence-electron chi connectivity index (χ4n) is 2.31. The molecular weight excluding hydrogens is 266 g/mol. The van der Waals surface area contributed by atoms with Gasteiger partial charge in [0.15, 0.2) is 0 Å². The van der Waals surface area contributed by atoms with Crippen LogP contribution in [-0.2, 0) is 11.2 Å². The lowest BCUT2D eigenvalue weighted by molar-refractivity contribution is -0.136. The Kier molecular flexibility index (Phi) is 5.06. The third-order valence-electron chi connectivity index (χ3n) is 3.35. The Balaban J connectivity index is 1.87. The van der Waals surface area contributed by atoms with Gasteiger partial charge in [0.1, 0.15) is 4.34 Å². The number of thioether (sulfide) groups is 1. The van der Waals surface area contributed by atoms with Gasteiger partial charge in [0, 0.05) is 10.6 Å². The van der Waals surface area contributed by atoms with Gasteiger partial charge in [-0.15, -0.1) is 11.3 Å². The number of rotatable bonds is 5. The number of hydrogen-bond acceptors (Lipinski definition) is 4. The first kappa shape index (κ1) is 13.9. The monoisotopic (exact) mass is 285 g/mol. The van der Waals surface area contributed by atoms with Gasteiger partial charge >= 0.3 is 5.97 Å². The second-order valence-corrected chi connectivity index (χ2v) is 7.22. The number of aromatic nitrogens is 1. The zero-order valence-corrected chi connectivity index (χ0v) is 12.3. The Hall–Kier alpha value is -0.550. The number of nitrogens with zero attached hydrogens (tertiary/aromatic N) is 1. The van der Waals surface area contributed by atoms with Crippen molar-refractivity contribution in [3.63, 3.8) is 0 Å². The maximum atomic E-state index is 10.7. The van der Waals surface area contributed by atoms with E-state index in [4.69, 9.17) is 5.11 Å². The van der Waals surface area contributed by atoms with Crippen LogP contribution in [0.5, 0.6) is 0 Å². The van der Waals surface area contributed by atoms with Crippen molar-refractivity contribution in [2.24, 2.45) is 5.92 Å². The van der Waals surface area contributed by atoms with Crippen molar-refractivity contribution in [3.8, 4) is 0 Å². The summed E-state index contributed by atoms with van der Waals surface area (Å²) < 4.78 is 1.04. The molecule has 5 heteroatoms. The van der Waals surface area contributed by atoms with E-state index >= 15 is 0 Å². The first-order valence-corrected chi connectivity index (χ1v) is 8.26. The van der Waals surface area contributed by atoms with Gasteiger partial charge in [0.05, 0.1) is 12.1 Å². The third kappa shape index (κ3) is 3.99. The van der Waals surface area contributed by atoms with Crippen LogP contribution in [-0.4, -0.2) is 21.8 Å². The van der Waals surface area contributed by atoms with Crippen molar-refractivity contribution in [2.45, 2.75) is 49.8 Å². The summed E-state index contributed by atoms with van der Waals surface area (Å²) in [7, 11) is 0. The van der Waals surface area contributed by atoms with Crippen molar-refractivity contribution in [2.75, 3.05) is 5.75 Å². The van der Waals surface area contributed by atoms with Crippen LogP contribution in [0.2, 0.25) is 0 Å². The van der Waals surface area contributed by atoms with Gasteiger partial charge in [0.25, 0.3) is 0 Å². The third-order valence-corrected chi connectivity index (χ3v) is 5.88. The lowest BCUT2D eigenvalue weighted by atomic mass is 9.91. The molecule has 0 aliphatic heterocycles. The molecule has 0 saturated heterocycles. The Bertz CT molecular complexity index is 411. The average Bonchev–Trinajstić information content (AvgIpc) is 2.68. The molecule has 0 bridgehead atoms. The van der Waals surface area contributed by atoms with Crippen molar-refractivity contribution in [1.82, 2.24) is 4.98 Å². The zero-order chi connectivity index (χ0) is 13.0. The van der Waals surface area contributed by atoms with E-state index in [1.54, 1.807) is 23.1 Å². The van der Waals surface area contributed by atoms with Gasteiger partial charge in [-0.25, -0.2) is 4.98 Å². The predicted octanol–water partition coefficient (Wildman–Crippen LogP) is 3.75. The number of hydrogen-bond donors (Lipinski definition) is 1. The van der Waals surface area contributed by atoms with E-state index < -0.39 is 5.97 Å². The summed E-state index contributed by atoms with van der Waals surface area (Å²) in [5, 5.41) is 8.81. The Morgan fingerprint density at radius 1 is 1.44 bits per heavy atom. The maximum Gasteiger partial charge on any atom is 0.308 e. The summed E-state index contributed by atoms with van der Waals surface area (Å²) in [5.41, 5.74) is 0.883. The quantitative estimate of drug-likeness (QED) is 0.837. The normalized spacial score (nSPS) is 16.9. The molecule has 100 valence electrons. The maximum absolute atomic E-state index is 10.7. The highest BCUT2D eigenvalue weighted by atomic mass is 32.2. The molecule has 0 aromatic carbocycles. The van der Waals surface area contributed by atoms with Crippen molar-refractivity contribution in [1.29, 1.82) is 0 Å². The number of carbonyl (C=O) groups is 1. The molecule has 1 aromatic rings. The van der Waals surface area contributed by atoms with Crippen LogP contribution in [0, 0.1) is 12.8 Å². The number of aliphatic carboxylic acids is 1. The second-order valence-electron chi connectivity index (χ2n) is 4.87. The molecule has 1 saturated carbocycles. The zero-order valence-electron chi connectivity index (χ0n) is 10.6. The van der Waals surface area contributed by atoms with Crippen LogP contribution in [0.3, 0.4) is 0 Å². The van der Waals surface area contributed by atoms with Gasteiger partial charge in [-0.05, 0) is 25.7 Å². The van der Waals surface area contributed by atoms with Gasteiger partial charge in [-0.2, -0.15) is 0 Å². The van der Waals surface area contributed by atoms with E-state index in [1.807, 2.05) is 6.92 Å². The van der Waals surface area contributed by atoms with Crippen LogP contribution in [0.15, 0.2) is 4.34 Å². The topological polar surface area (TPSA) is 50.2 Å². The SMILES string of the molecule is Cc1nc(SCC2CCCCC2)sc1CC(=O)O. The molecule has 3 nitrogen and oxygen atoms in total. The molecule has 1 heterocycles. The first-order valence-electron chi connectivity index (χ1n) is 6.46. The first-order chi connectivity index (χ1) is 8.65. The molecular formula is C13H19NO2S2. The van der Waals surface area contributed by atoms with Gasteiger partial charge < -0.3 is 5.11 Å².